The van der Waals surface area contributed by atoms with Crippen LogP contribution in [0.5, 0.6) is 0 Å². The van der Waals surface area contributed by atoms with Crippen LogP contribution in [0, 0.1) is 6.92 Å². The number of hydrogen-bond donors (Lipinski definition) is 0. The molecule has 0 bridgehead atoms. The number of hydrogen-bond acceptors (Lipinski definition) is 7. The maximum absolute atomic E-state index is 12.9. The van der Waals surface area contributed by atoms with Gasteiger partial charge in [0.1, 0.15) is 5.69 Å². The molecule has 4 rings (SSSR count). The summed E-state index contributed by atoms with van der Waals surface area (Å²) in [5, 5.41) is 3.06. The number of amides is 1. The van der Waals surface area contributed by atoms with Crippen LogP contribution in [0.4, 0.5) is 0 Å². The van der Waals surface area contributed by atoms with Crippen LogP contribution >= 0.6 is 22.7 Å². The Morgan fingerprint density at radius 2 is 1.91 bits per heavy atom. The molecule has 35 heavy (non-hydrogen) atoms. The van der Waals surface area contributed by atoms with Gasteiger partial charge in [-0.25, -0.2) is 4.98 Å². The molecular formula is C26H41N3O3S2Si. The summed E-state index contributed by atoms with van der Waals surface area (Å²) in [6, 6.07) is 4.55. The first-order valence-electron chi connectivity index (χ1n) is 12.8. The third-order valence-electron chi connectivity index (χ3n) is 7.86. The predicted molar refractivity (Wildman–Crippen MR) is 147 cm³/mol. The average Bonchev–Trinajstić information content (AvgIpc) is 3.43. The lowest BCUT2D eigenvalue weighted by atomic mass is 9.89. The molecule has 9 heteroatoms. The van der Waals surface area contributed by atoms with Crippen molar-refractivity contribution in [3.8, 4) is 0 Å². The predicted octanol–water partition coefficient (Wildman–Crippen LogP) is 5.58. The number of aromatic nitrogens is 1. The highest BCUT2D eigenvalue weighted by Crippen LogP contribution is 2.37. The maximum Gasteiger partial charge on any atom is 0.273 e. The fourth-order valence-corrected chi connectivity index (χ4v) is 7.22. The normalized spacial score (nSPS) is 19.4. The van der Waals surface area contributed by atoms with Crippen LogP contribution in [0.3, 0.4) is 0 Å². The molecule has 1 spiro atoms. The van der Waals surface area contributed by atoms with E-state index in [1.54, 1.807) is 0 Å². The average molecular weight is 536 g/mol. The van der Waals surface area contributed by atoms with E-state index in [1.807, 2.05) is 28.5 Å². The molecular weight excluding hydrogens is 495 g/mol. The van der Waals surface area contributed by atoms with Gasteiger partial charge in [-0.2, -0.15) is 0 Å². The maximum atomic E-state index is 12.9. The van der Waals surface area contributed by atoms with Crippen LogP contribution in [-0.2, 0) is 22.1 Å². The second-order valence-corrected chi connectivity index (χ2v) is 18.6. The number of thiazole rings is 1. The number of nitrogens with zero attached hydrogens (tertiary/aromatic N) is 3. The lowest BCUT2D eigenvalue weighted by Gasteiger charge is -2.47. The van der Waals surface area contributed by atoms with Gasteiger partial charge >= 0.3 is 0 Å². The second-order valence-electron chi connectivity index (χ2n) is 11.5. The van der Waals surface area contributed by atoms with E-state index in [-0.39, 0.29) is 16.5 Å². The van der Waals surface area contributed by atoms with Crippen molar-refractivity contribution in [2.45, 2.75) is 77.2 Å². The molecule has 0 atom stereocenters. The first kappa shape index (κ1) is 26.9. The topological polar surface area (TPSA) is 54.9 Å². The minimum atomic E-state index is -1.68. The number of thiophene rings is 1. The Hall–Kier alpha value is -1.10. The number of carbonyl (C=O) groups is 1. The summed E-state index contributed by atoms with van der Waals surface area (Å²) >= 11 is 3.45. The van der Waals surface area contributed by atoms with Gasteiger partial charge in [-0.3, -0.25) is 9.69 Å². The molecule has 0 saturated carbocycles. The fraction of sp³-hybridized carbons (Fsp3) is 0.692. The molecule has 2 saturated heterocycles. The van der Waals surface area contributed by atoms with Gasteiger partial charge in [0.2, 0.25) is 0 Å². The van der Waals surface area contributed by atoms with Crippen molar-refractivity contribution in [2.75, 3.05) is 39.4 Å². The quantitative estimate of drug-likeness (QED) is 0.433. The molecule has 1 amide bonds. The number of morpholine rings is 1. The molecule has 2 fully saturated rings. The van der Waals surface area contributed by atoms with Crippen LogP contribution in [0.25, 0.3) is 0 Å². The summed E-state index contributed by atoms with van der Waals surface area (Å²) < 4.78 is 12.6. The zero-order valence-corrected chi connectivity index (χ0v) is 24.8. The summed E-state index contributed by atoms with van der Waals surface area (Å²) in [7, 11) is -1.68. The third kappa shape index (κ3) is 6.62. The van der Waals surface area contributed by atoms with E-state index in [0.717, 1.165) is 50.5 Å². The molecule has 194 valence electrons. The first-order chi connectivity index (χ1) is 16.5. The summed E-state index contributed by atoms with van der Waals surface area (Å²) in [5.41, 5.74) is 0.363. The van der Waals surface area contributed by atoms with Crippen molar-refractivity contribution in [2.24, 2.45) is 0 Å². The molecule has 2 aliphatic heterocycles. The van der Waals surface area contributed by atoms with Crippen molar-refractivity contribution >= 4 is 36.9 Å². The van der Waals surface area contributed by atoms with Gasteiger partial charge in [-0.05, 0) is 50.0 Å². The smallest absolute Gasteiger partial charge is 0.273 e. The number of likely N-dealkylation sites (tertiary alicyclic amines) is 1. The van der Waals surface area contributed by atoms with Crippen LogP contribution in [-0.4, -0.2) is 74.0 Å². The molecule has 0 aliphatic carbocycles. The van der Waals surface area contributed by atoms with Gasteiger partial charge in [-0.15, -0.1) is 22.7 Å². The highest BCUT2D eigenvalue weighted by molar-refractivity contribution is 7.12. The van der Waals surface area contributed by atoms with Crippen molar-refractivity contribution < 1.29 is 14.0 Å². The van der Waals surface area contributed by atoms with Gasteiger partial charge in [0.15, 0.2) is 8.32 Å². The van der Waals surface area contributed by atoms with Gasteiger partial charge in [0.05, 0.1) is 23.8 Å². The van der Waals surface area contributed by atoms with Crippen molar-refractivity contribution in [3.63, 3.8) is 0 Å². The fourth-order valence-electron chi connectivity index (χ4n) is 4.55. The van der Waals surface area contributed by atoms with E-state index in [0.29, 0.717) is 25.4 Å². The number of carbonyl (C=O) groups excluding carboxylic acids is 1. The van der Waals surface area contributed by atoms with Crippen LogP contribution in [0.15, 0.2) is 17.5 Å². The summed E-state index contributed by atoms with van der Waals surface area (Å²) in [4.78, 5) is 24.6. The van der Waals surface area contributed by atoms with Crippen LogP contribution in [0.1, 0.15) is 58.9 Å². The molecule has 0 radical (unpaired) electrons. The second kappa shape index (κ2) is 10.7. The monoisotopic (exact) mass is 535 g/mol. The lowest BCUT2D eigenvalue weighted by molar-refractivity contribution is -0.127. The molecule has 2 aliphatic rings. The van der Waals surface area contributed by atoms with Crippen LogP contribution in [0.2, 0.25) is 18.1 Å². The van der Waals surface area contributed by atoms with E-state index >= 15 is 0 Å². The standard InChI is InChI=1S/C26H41N3O3S2Si/c1-20-27-23(18-33-20)24(30)29-14-16-31-26(19-29)10-12-28(13-11-26)17-22-8-7-21(34-22)9-15-32-35(5,6)25(2,3)4/h7-8,18H,9-17,19H2,1-6H3. The van der Waals surface area contributed by atoms with Crippen molar-refractivity contribution in [1.82, 2.24) is 14.8 Å². The van der Waals surface area contributed by atoms with Gasteiger partial charge in [-0.1, -0.05) is 20.8 Å². The molecule has 0 aromatic carbocycles. The van der Waals surface area contributed by atoms with E-state index in [9.17, 15) is 4.79 Å². The minimum Gasteiger partial charge on any atom is -0.416 e. The SMILES string of the molecule is Cc1nc(C(=O)N2CCOC3(CCN(Cc4ccc(CCO[Si](C)(C)C(C)(C)C)s4)CC3)C2)cs1. The van der Waals surface area contributed by atoms with Crippen LogP contribution < -0.4 is 0 Å². The summed E-state index contributed by atoms with van der Waals surface area (Å²) in [6.45, 7) is 19.2. The number of piperidine rings is 1. The molecule has 4 heterocycles. The Labute approximate surface area is 219 Å². The summed E-state index contributed by atoms with van der Waals surface area (Å²) in [6.07, 6.45) is 2.92. The van der Waals surface area contributed by atoms with Crippen molar-refractivity contribution in [3.05, 3.63) is 38.0 Å². The van der Waals surface area contributed by atoms with Gasteiger partial charge < -0.3 is 14.1 Å². The van der Waals surface area contributed by atoms with E-state index in [1.165, 1.54) is 21.1 Å². The minimum absolute atomic E-state index is 0.0445. The Morgan fingerprint density at radius 3 is 2.57 bits per heavy atom. The number of aryl methyl sites for hydroxylation is 1. The molecule has 6 nitrogen and oxygen atoms in total. The molecule has 0 N–H and O–H groups in total. The Morgan fingerprint density at radius 1 is 1.20 bits per heavy atom. The van der Waals surface area contributed by atoms with Gasteiger partial charge in [0.25, 0.3) is 5.91 Å². The molecule has 2 aromatic heterocycles. The summed E-state index contributed by atoms with van der Waals surface area (Å²) in [5.74, 6) is 0.0445. The Balaban J connectivity index is 1.24. The molecule has 0 unspecified atom stereocenters. The van der Waals surface area contributed by atoms with E-state index < -0.39 is 8.32 Å². The highest BCUT2D eigenvalue weighted by atomic mass is 32.1. The van der Waals surface area contributed by atoms with Gasteiger partial charge in [0, 0.05) is 54.3 Å². The Bertz CT molecular complexity index is 1010. The van der Waals surface area contributed by atoms with E-state index in [4.69, 9.17) is 9.16 Å². The first-order valence-corrected chi connectivity index (χ1v) is 17.4. The number of ether oxygens (including phenoxy) is 1. The highest BCUT2D eigenvalue weighted by Gasteiger charge is 2.41. The zero-order chi connectivity index (χ0) is 25.3. The van der Waals surface area contributed by atoms with Crippen molar-refractivity contribution in [1.29, 1.82) is 0 Å². The molecule has 2 aromatic rings. The van der Waals surface area contributed by atoms with E-state index in [2.05, 4.69) is 55.9 Å². The zero-order valence-electron chi connectivity index (χ0n) is 22.2. The third-order valence-corrected chi connectivity index (χ3v) is 14.3. The largest absolute Gasteiger partial charge is 0.416 e. The number of rotatable bonds is 7. The lowest BCUT2D eigenvalue weighted by Crippen LogP contribution is -2.57. The Kier molecular flexibility index (Phi) is 8.25.